The van der Waals surface area contributed by atoms with Crippen LogP contribution in [-0.2, 0) is 14.4 Å². The largest absolute Gasteiger partial charge is 0.394 e. The average molecular weight is 572 g/mol. The number of para-hydroxylation sites is 1. The summed E-state index contributed by atoms with van der Waals surface area (Å²) >= 11 is 1.57. The maximum atomic E-state index is 14.7. The number of likely N-dealkylation sites (tertiary alicyclic amines) is 1. The molecule has 7 nitrogen and oxygen atoms in total. The molecule has 2 saturated heterocycles. The summed E-state index contributed by atoms with van der Waals surface area (Å²) in [5.74, 6) is -1.93. The van der Waals surface area contributed by atoms with E-state index in [9.17, 15) is 19.5 Å². The van der Waals surface area contributed by atoms with E-state index in [0.29, 0.717) is 19.5 Å². The summed E-state index contributed by atoms with van der Waals surface area (Å²) in [4.78, 5) is 49.0. The second-order valence-electron chi connectivity index (χ2n) is 11.8. The van der Waals surface area contributed by atoms with E-state index >= 15 is 0 Å². The number of hydrogen-bond donors (Lipinski definition) is 1. The van der Waals surface area contributed by atoms with Gasteiger partial charge in [0.25, 0.3) is 5.91 Å². The van der Waals surface area contributed by atoms with Crippen LogP contribution < -0.4 is 9.80 Å². The van der Waals surface area contributed by atoms with Crippen LogP contribution in [0.15, 0.2) is 72.8 Å². The fraction of sp³-hybridized carbons (Fsp3) is 0.424. The molecule has 6 atom stereocenters. The van der Waals surface area contributed by atoms with E-state index in [1.807, 2.05) is 94.5 Å². The van der Waals surface area contributed by atoms with Crippen molar-refractivity contribution in [3.8, 4) is 0 Å². The van der Waals surface area contributed by atoms with Gasteiger partial charge in [-0.25, -0.2) is 0 Å². The van der Waals surface area contributed by atoms with Crippen LogP contribution in [0, 0.1) is 25.7 Å². The Morgan fingerprint density at radius 2 is 1.63 bits per heavy atom. The zero-order valence-electron chi connectivity index (χ0n) is 24.0. The first-order chi connectivity index (χ1) is 19.7. The van der Waals surface area contributed by atoms with Crippen molar-refractivity contribution in [3.05, 3.63) is 84.0 Å². The molecule has 0 aliphatic carbocycles. The minimum Gasteiger partial charge on any atom is -0.394 e. The van der Waals surface area contributed by atoms with Gasteiger partial charge in [-0.3, -0.25) is 14.4 Å². The zero-order valence-corrected chi connectivity index (χ0v) is 24.8. The first-order valence-corrected chi connectivity index (χ1v) is 15.2. The Balaban J connectivity index is 1.51. The fourth-order valence-electron chi connectivity index (χ4n) is 7.33. The van der Waals surface area contributed by atoms with E-state index in [4.69, 9.17) is 0 Å². The minimum atomic E-state index is -0.956. The molecule has 8 heteroatoms. The van der Waals surface area contributed by atoms with Crippen LogP contribution in [0.4, 0.5) is 11.4 Å². The predicted molar refractivity (Wildman–Crippen MR) is 163 cm³/mol. The molecule has 4 aliphatic rings. The molecule has 4 heterocycles. The van der Waals surface area contributed by atoms with E-state index in [2.05, 4.69) is 6.08 Å². The number of amides is 3. The third-order valence-electron chi connectivity index (χ3n) is 9.29. The molecule has 41 heavy (non-hydrogen) atoms. The summed E-state index contributed by atoms with van der Waals surface area (Å²) in [7, 11) is 0. The highest BCUT2D eigenvalue weighted by molar-refractivity contribution is 8.02. The molecular formula is C33H37N3O4S. The van der Waals surface area contributed by atoms with E-state index < -0.39 is 33.4 Å². The SMILES string of the molecule is CC[C@@H](CO)N1C(=O)[C@@H]2[C@@H]3C(=O)N(c4ccccc4)CC=C[C@]3(C)S[C@@]23C=CCN(c2cc(C)ccc2C)C(=O)C13. The molecule has 0 aromatic heterocycles. The van der Waals surface area contributed by atoms with Gasteiger partial charge in [-0.15, -0.1) is 11.8 Å². The molecule has 2 aromatic rings. The summed E-state index contributed by atoms with van der Waals surface area (Å²) < 4.78 is -1.65. The van der Waals surface area contributed by atoms with Crippen LogP contribution in [-0.4, -0.2) is 69.0 Å². The Hall–Kier alpha value is -3.36. The number of nitrogens with zero attached hydrogens (tertiary/aromatic N) is 3. The molecule has 0 radical (unpaired) electrons. The van der Waals surface area contributed by atoms with Gasteiger partial charge in [-0.1, -0.05) is 61.6 Å². The highest BCUT2D eigenvalue weighted by atomic mass is 32.2. The van der Waals surface area contributed by atoms with Crippen molar-refractivity contribution < 1.29 is 19.5 Å². The minimum absolute atomic E-state index is 0.111. The summed E-state index contributed by atoms with van der Waals surface area (Å²) in [5.41, 5.74) is 3.62. The number of aryl methyl sites for hydroxylation is 2. The first-order valence-electron chi connectivity index (χ1n) is 14.4. The molecule has 6 rings (SSSR count). The standard InChI is InChI=1S/C33H37N3O4S/c1-5-23(20-37)36-28-31(40)35(25-19-21(2)13-14-22(25)3)18-10-16-33(28)27(30(36)39)26-29(38)34(24-11-7-6-8-12-24)17-9-15-32(26,4)41-33/h6-16,19,23,26-28,37H,5,17-18,20H2,1-4H3/t23-,26+,27-,28?,32-,33-/m0/s1. The molecule has 4 aliphatic heterocycles. The number of carbonyl (C=O) groups is 3. The van der Waals surface area contributed by atoms with Crippen LogP contribution in [0.1, 0.15) is 31.4 Å². The Labute approximate surface area is 245 Å². The molecule has 1 N–H and O–H groups in total. The normalized spacial score (nSPS) is 31.6. The number of hydrogen-bond acceptors (Lipinski definition) is 5. The lowest BCUT2D eigenvalue weighted by Gasteiger charge is -2.39. The number of carbonyl (C=O) groups excluding carboxylic acids is 3. The lowest BCUT2D eigenvalue weighted by molar-refractivity contribution is -0.142. The molecule has 0 saturated carbocycles. The summed E-state index contributed by atoms with van der Waals surface area (Å²) in [6.07, 6.45) is 8.61. The van der Waals surface area contributed by atoms with Crippen LogP contribution in [0.2, 0.25) is 0 Å². The molecule has 2 fully saturated rings. The molecular weight excluding hydrogens is 534 g/mol. The number of fused-ring (bicyclic) bond motifs is 2. The van der Waals surface area contributed by atoms with Gasteiger partial charge in [-0.05, 0) is 56.5 Å². The predicted octanol–water partition coefficient (Wildman–Crippen LogP) is 4.27. The third kappa shape index (κ3) is 4.09. The lowest BCUT2D eigenvalue weighted by Crippen LogP contribution is -2.57. The topological polar surface area (TPSA) is 81.2 Å². The van der Waals surface area contributed by atoms with Gasteiger partial charge in [0.2, 0.25) is 11.8 Å². The number of aliphatic hydroxyl groups is 1. The average Bonchev–Trinajstić information content (AvgIpc) is 3.23. The second kappa shape index (κ2) is 10.2. The van der Waals surface area contributed by atoms with Gasteiger partial charge in [0.1, 0.15) is 6.04 Å². The van der Waals surface area contributed by atoms with Gasteiger partial charge in [0.15, 0.2) is 0 Å². The fourth-order valence-corrected chi connectivity index (χ4v) is 9.48. The van der Waals surface area contributed by atoms with Crippen molar-refractivity contribution in [1.82, 2.24) is 4.90 Å². The Bertz CT molecular complexity index is 1450. The zero-order chi connectivity index (χ0) is 29.1. The smallest absolute Gasteiger partial charge is 0.251 e. The highest BCUT2D eigenvalue weighted by Gasteiger charge is 2.74. The van der Waals surface area contributed by atoms with Crippen molar-refractivity contribution in [2.45, 2.75) is 55.7 Å². The maximum absolute atomic E-state index is 14.7. The monoisotopic (exact) mass is 571 g/mol. The highest BCUT2D eigenvalue weighted by Crippen LogP contribution is 2.66. The van der Waals surface area contributed by atoms with Crippen LogP contribution >= 0.6 is 11.8 Å². The van der Waals surface area contributed by atoms with Crippen LogP contribution in [0.25, 0.3) is 0 Å². The van der Waals surface area contributed by atoms with Gasteiger partial charge in [0.05, 0.1) is 29.2 Å². The Morgan fingerprint density at radius 1 is 0.927 bits per heavy atom. The third-order valence-corrected chi connectivity index (χ3v) is 11.1. The number of benzene rings is 2. The number of aliphatic hydroxyl groups excluding tert-OH is 1. The van der Waals surface area contributed by atoms with Gasteiger partial charge in [-0.2, -0.15) is 0 Å². The lowest BCUT2D eigenvalue weighted by atomic mass is 9.74. The van der Waals surface area contributed by atoms with Crippen molar-refractivity contribution in [2.24, 2.45) is 11.8 Å². The molecule has 214 valence electrons. The number of anilines is 2. The molecule has 0 bridgehead atoms. The molecule has 1 spiro atoms. The quantitative estimate of drug-likeness (QED) is 0.543. The molecule has 2 aromatic carbocycles. The maximum Gasteiger partial charge on any atom is 0.251 e. The number of rotatable bonds is 5. The van der Waals surface area contributed by atoms with Crippen LogP contribution in [0.5, 0.6) is 0 Å². The van der Waals surface area contributed by atoms with E-state index in [0.717, 1.165) is 22.5 Å². The summed E-state index contributed by atoms with van der Waals surface area (Å²) in [6.45, 7) is 8.47. The van der Waals surface area contributed by atoms with Gasteiger partial charge >= 0.3 is 0 Å². The van der Waals surface area contributed by atoms with Crippen molar-refractivity contribution in [2.75, 3.05) is 29.5 Å². The first kappa shape index (κ1) is 27.8. The summed E-state index contributed by atoms with van der Waals surface area (Å²) in [6, 6.07) is 14.2. The molecule has 3 amide bonds. The Morgan fingerprint density at radius 3 is 2.34 bits per heavy atom. The van der Waals surface area contributed by atoms with E-state index in [-0.39, 0.29) is 24.3 Å². The van der Waals surface area contributed by atoms with Crippen molar-refractivity contribution >= 4 is 40.9 Å². The van der Waals surface area contributed by atoms with Crippen LogP contribution in [0.3, 0.4) is 0 Å². The summed E-state index contributed by atoms with van der Waals surface area (Å²) in [5, 5.41) is 10.4. The number of thioether (sulfide) groups is 1. The molecule has 1 unspecified atom stereocenters. The van der Waals surface area contributed by atoms with Gasteiger partial charge in [0, 0.05) is 29.2 Å². The van der Waals surface area contributed by atoms with E-state index in [1.165, 1.54) is 0 Å². The van der Waals surface area contributed by atoms with Gasteiger partial charge < -0.3 is 19.8 Å². The van der Waals surface area contributed by atoms with Crippen molar-refractivity contribution in [1.29, 1.82) is 0 Å². The van der Waals surface area contributed by atoms with E-state index in [1.54, 1.807) is 26.5 Å². The Kier molecular flexibility index (Phi) is 6.90. The second-order valence-corrected chi connectivity index (χ2v) is 13.6. The van der Waals surface area contributed by atoms with Crippen molar-refractivity contribution in [3.63, 3.8) is 0 Å².